The van der Waals surface area contributed by atoms with Crippen molar-refractivity contribution in [1.29, 1.82) is 0 Å². The molecular formula is C12H13O. The van der Waals surface area contributed by atoms with Crippen LogP contribution >= 0.6 is 0 Å². The van der Waals surface area contributed by atoms with Crippen molar-refractivity contribution in [2.45, 2.75) is 19.8 Å². The highest BCUT2D eigenvalue weighted by atomic mass is 16.2. The highest BCUT2D eigenvalue weighted by Crippen LogP contribution is 2.03. The summed E-state index contributed by atoms with van der Waals surface area (Å²) < 4.78 is 0. The molecule has 0 saturated carbocycles. The van der Waals surface area contributed by atoms with Gasteiger partial charge in [-0.3, -0.25) is 0 Å². The second-order valence-corrected chi connectivity index (χ2v) is 2.87. The van der Waals surface area contributed by atoms with Crippen molar-refractivity contribution in [3.8, 4) is 11.8 Å². The highest BCUT2D eigenvalue weighted by molar-refractivity contribution is 5.39. The zero-order chi connectivity index (χ0) is 9.52. The SMILES string of the molecule is Cc1c[c]ccc1C#CCCCO. The van der Waals surface area contributed by atoms with Gasteiger partial charge in [0.15, 0.2) is 0 Å². The molecule has 13 heavy (non-hydrogen) atoms. The molecule has 1 nitrogen and oxygen atoms in total. The van der Waals surface area contributed by atoms with Gasteiger partial charge in [0.25, 0.3) is 0 Å². The van der Waals surface area contributed by atoms with Gasteiger partial charge >= 0.3 is 0 Å². The van der Waals surface area contributed by atoms with Crippen molar-refractivity contribution < 1.29 is 5.11 Å². The van der Waals surface area contributed by atoms with Crippen LogP contribution in [0.4, 0.5) is 0 Å². The van der Waals surface area contributed by atoms with Gasteiger partial charge in [0.1, 0.15) is 0 Å². The molecule has 0 heterocycles. The third kappa shape index (κ3) is 3.31. The Balaban J connectivity index is 2.61. The van der Waals surface area contributed by atoms with Crippen LogP contribution in [0.2, 0.25) is 0 Å². The van der Waals surface area contributed by atoms with Gasteiger partial charge in [-0.05, 0) is 31.0 Å². The Labute approximate surface area is 79.4 Å². The summed E-state index contributed by atoms with van der Waals surface area (Å²) in [7, 11) is 0. The lowest BCUT2D eigenvalue weighted by molar-refractivity contribution is 0.290. The lowest BCUT2D eigenvalue weighted by Gasteiger charge is -1.94. The van der Waals surface area contributed by atoms with Crippen LogP contribution in [0, 0.1) is 24.8 Å². The average Bonchev–Trinajstić information content (AvgIpc) is 2.15. The van der Waals surface area contributed by atoms with Crippen LogP contribution in [0.15, 0.2) is 18.2 Å². The molecular weight excluding hydrogens is 160 g/mol. The van der Waals surface area contributed by atoms with Crippen LogP contribution in [0.1, 0.15) is 24.0 Å². The van der Waals surface area contributed by atoms with Gasteiger partial charge in [0.05, 0.1) is 0 Å². The van der Waals surface area contributed by atoms with Gasteiger partial charge in [-0.2, -0.15) is 0 Å². The van der Waals surface area contributed by atoms with E-state index in [2.05, 4.69) is 17.9 Å². The van der Waals surface area contributed by atoms with Gasteiger partial charge in [-0.1, -0.05) is 24.0 Å². The molecule has 0 fully saturated rings. The Morgan fingerprint density at radius 3 is 3.08 bits per heavy atom. The number of benzene rings is 1. The molecule has 1 aromatic carbocycles. The predicted octanol–water partition coefficient (Wildman–Crippen LogP) is 1.92. The van der Waals surface area contributed by atoms with Gasteiger partial charge in [-0.25, -0.2) is 0 Å². The monoisotopic (exact) mass is 173 g/mol. The topological polar surface area (TPSA) is 20.2 Å². The maximum atomic E-state index is 8.55. The maximum absolute atomic E-state index is 8.55. The summed E-state index contributed by atoms with van der Waals surface area (Å²) in [6.45, 7) is 2.24. The molecule has 0 aliphatic rings. The van der Waals surface area contributed by atoms with E-state index in [1.165, 1.54) is 0 Å². The lowest BCUT2D eigenvalue weighted by atomic mass is 10.1. The molecule has 0 aromatic heterocycles. The summed E-state index contributed by atoms with van der Waals surface area (Å²) >= 11 is 0. The Kier molecular flexibility index (Phi) is 4.08. The minimum Gasteiger partial charge on any atom is -0.396 e. The summed E-state index contributed by atoms with van der Waals surface area (Å²) in [4.78, 5) is 0. The van der Waals surface area contributed by atoms with Crippen LogP contribution < -0.4 is 0 Å². The standard InChI is InChI=1S/C12H13O/c1-11-7-4-5-9-12(11)8-3-2-6-10-13/h5,7,9,13H,2,6,10H2,1H3. The molecule has 1 N–H and O–H groups in total. The van der Waals surface area contributed by atoms with Crippen molar-refractivity contribution >= 4 is 0 Å². The molecule has 0 aliphatic heterocycles. The quantitative estimate of drug-likeness (QED) is 0.535. The van der Waals surface area contributed by atoms with Crippen LogP contribution in [-0.4, -0.2) is 11.7 Å². The first kappa shape index (κ1) is 9.83. The van der Waals surface area contributed by atoms with Crippen molar-refractivity contribution in [2.24, 2.45) is 0 Å². The lowest BCUT2D eigenvalue weighted by Crippen LogP contribution is -1.81. The van der Waals surface area contributed by atoms with E-state index in [0.717, 1.165) is 24.0 Å². The number of aliphatic hydroxyl groups is 1. The fourth-order valence-electron chi connectivity index (χ4n) is 0.979. The molecule has 0 aliphatic carbocycles. The summed E-state index contributed by atoms with van der Waals surface area (Å²) in [5, 5.41) is 8.55. The van der Waals surface area contributed by atoms with Crippen LogP contribution in [0.5, 0.6) is 0 Å². The van der Waals surface area contributed by atoms with E-state index >= 15 is 0 Å². The van der Waals surface area contributed by atoms with Gasteiger partial charge in [0.2, 0.25) is 0 Å². The van der Waals surface area contributed by atoms with Crippen LogP contribution in [0.25, 0.3) is 0 Å². The number of rotatable bonds is 2. The van der Waals surface area contributed by atoms with Crippen LogP contribution in [-0.2, 0) is 0 Å². The molecule has 1 rings (SSSR count). The average molecular weight is 173 g/mol. The number of hydrogen-bond acceptors (Lipinski definition) is 1. The summed E-state index contributed by atoms with van der Waals surface area (Å²) in [5.41, 5.74) is 2.20. The molecule has 0 unspecified atom stereocenters. The van der Waals surface area contributed by atoms with E-state index in [9.17, 15) is 0 Å². The highest BCUT2D eigenvalue weighted by Gasteiger charge is 1.89. The normalized spacial score (nSPS) is 9.08. The number of hydrogen-bond donors (Lipinski definition) is 1. The summed E-state index contributed by atoms with van der Waals surface area (Å²) in [6.07, 6.45) is 1.51. The molecule has 1 aromatic rings. The molecule has 0 spiro atoms. The van der Waals surface area contributed by atoms with Crippen molar-refractivity contribution in [3.05, 3.63) is 35.4 Å². The zero-order valence-electron chi connectivity index (χ0n) is 7.80. The first-order chi connectivity index (χ1) is 6.34. The number of aryl methyl sites for hydroxylation is 1. The van der Waals surface area contributed by atoms with Gasteiger partial charge in [-0.15, -0.1) is 0 Å². The van der Waals surface area contributed by atoms with E-state index in [0.29, 0.717) is 0 Å². The number of aliphatic hydroxyl groups excluding tert-OH is 1. The molecule has 0 bridgehead atoms. The fraction of sp³-hybridized carbons (Fsp3) is 0.333. The summed E-state index contributed by atoms with van der Waals surface area (Å²) in [5.74, 6) is 6.09. The zero-order valence-corrected chi connectivity index (χ0v) is 7.80. The minimum atomic E-state index is 0.218. The van der Waals surface area contributed by atoms with Crippen molar-refractivity contribution in [3.63, 3.8) is 0 Å². The van der Waals surface area contributed by atoms with E-state index in [4.69, 9.17) is 5.11 Å². The first-order valence-corrected chi connectivity index (χ1v) is 4.41. The van der Waals surface area contributed by atoms with E-state index in [1.807, 2.05) is 25.1 Å². The van der Waals surface area contributed by atoms with Gasteiger partial charge < -0.3 is 5.11 Å². The van der Waals surface area contributed by atoms with E-state index in [1.54, 1.807) is 0 Å². The van der Waals surface area contributed by atoms with Crippen molar-refractivity contribution in [2.75, 3.05) is 6.61 Å². The largest absolute Gasteiger partial charge is 0.396 e. The fourth-order valence-corrected chi connectivity index (χ4v) is 0.979. The second kappa shape index (κ2) is 5.40. The molecule has 0 saturated heterocycles. The van der Waals surface area contributed by atoms with Crippen LogP contribution in [0.3, 0.4) is 0 Å². The third-order valence-corrected chi connectivity index (χ3v) is 1.75. The Bertz CT molecular complexity index is 317. The molecule has 0 amide bonds. The van der Waals surface area contributed by atoms with E-state index in [-0.39, 0.29) is 6.61 Å². The molecule has 0 atom stereocenters. The Hall–Kier alpha value is -1.26. The minimum absolute atomic E-state index is 0.218. The van der Waals surface area contributed by atoms with E-state index < -0.39 is 0 Å². The first-order valence-electron chi connectivity index (χ1n) is 4.41. The Morgan fingerprint density at radius 1 is 1.54 bits per heavy atom. The number of unbranched alkanes of at least 4 members (excludes halogenated alkanes) is 1. The molecule has 1 heteroatoms. The smallest absolute Gasteiger partial charge is 0.0440 e. The maximum Gasteiger partial charge on any atom is 0.0440 e. The summed E-state index contributed by atoms with van der Waals surface area (Å²) in [6, 6.07) is 8.75. The second-order valence-electron chi connectivity index (χ2n) is 2.87. The molecule has 1 radical (unpaired) electrons. The van der Waals surface area contributed by atoms with Crippen molar-refractivity contribution in [1.82, 2.24) is 0 Å². The third-order valence-electron chi connectivity index (χ3n) is 1.75. The Morgan fingerprint density at radius 2 is 2.38 bits per heavy atom. The van der Waals surface area contributed by atoms with Gasteiger partial charge in [0, 0.05) is 18.6 Å². The predicted molar refractivity (Wildman–Crippen MR) is 53.2 cm³/mol. The molecule has 67 valence electrons.